The number of imidazole rings is 1. The molecule has 0 bridgehead atoms. The molecule has 1 heterocycles. The molecule has 0 saturated heterocycles. The van der Waals surface area contributed by atoms with Gasteiger partial charge in [0.15, 0.2) is 11.5 Å². The third kappa shape index (κ3) is 3.19. The molecule has 6 nitrogen and oxygen atoms in total. The first kappa shape index (κ1) is 16.6. The van der Waals surface area contributed by atoms with E-state index in [-0.39, 0.29) is 5.91 Å². The van der Waals surface area contributed by atoms with Crippen molar-refractivity contribution >= 4 is 23.0 Å². The van der Waals surface area contributed by atoms with E-state index in [0.29, 0.717) is 17.1 Å². The van der Waals surface area contributed by atoms with Gasteiger partial charge in [0.25, 0.3) is 5.91 Å². The molecule has 0 spiro atoms. The first-order valence-corrected chi connectivity index (χ1v) is 7.80. The normalized spacial score (nSPS) is 11.0. The predicted molar refractivity (Wildman–Crippen MR) is 97.7 cm³/mol. The highest BCUT2D eigenvalue weighted by molar-refractivity contribution is 6.02. The highest BCUT2D eigenvalue weighted by atomic mass is 16.5. The van der Waals surface area contributed by atoms with Crippen molar-refractivity contribution in [1.82, 2.24) is 9.66 Å². The smallest absolute Gasteiger partial charge is 0.270 e. The SMILES string of the molecule is C/C=C/c1cc(C(=O)Nn2cnc3ccccc32)cc(OC)c1OC. The van der Waals surface area contributed by atoms with Gasteiger partial charge in [-0.15, -0.1) is 0 Å². The van der Waals surface area contributed by atoms with Crippen LogP contribution in [0.3, 0.4) is 0 Å². The Morgan fingerprint density at radius 1 is 1.20 bits per heavy atom. The molecule has 3 aromatic rings. The number of allylic oxidation sites excluding steroid dienone is 1. The maximum absolute atomic E-state index is 12.7. The van der Waals surface area contributed by atoms with Gasteiger partial charge in [0.05, 0.1) is 25.3 Å². The number of benzene rings is 2. The predicted octanol–water partition coefficient (Wildman–Crippen LogP) is 3.47. The van der Waals surface area contributed by atoms with E-state index in [9.17, 15) is 4.79 Å². The molecule has 0 atom stereocenters. The van der Waals surface area contributed by atoms with E-state index < -0.39 is 0 Å². The number of para-hydroxylation sites is 2. The topological polar surface area (TPSA) is 65.4 Å². The summed E-state index contributed by atoms with van der Waals surface area (Å²) in [6, 6.07) is 11.0. The highest BCUT2D eigenvalue weighted by Gasteiger charge is 2.16. The number of nitrogens with one attached hydrogen (secondary N) is 1. The van der Waals surface area contributed by atoms with Crippen molar-refractivity contribution in [2.24, 2.45) is 0 Å². The van der Waals surface area contributed by atoms with Gasteiger partial charge in [0.1, 0.15) is 6.33 Å². The van der Waals surface area contributed by atoms with Crippen LogP contribution in [-0.4, -0.2) is 29.8 Å². The van der Waals surface area contributed by atoms with Gasteiger partial charge in [-0.3, -0.25) is 10.2 Å². The fourth-order valence-corrected chi connectivity index (χ4v) is 2.65. The molecule has 1 amide bonds. The molecule has 1 aromatic heterocycles. The molecule has 0 aliphatic rings. The van der Waals surface area contributed by atoms with Gasteiger partial charge in [-0.25, -0.2) is 9.66 Å². The standard InChI is InChI=1S/C19H19N3O3/c1-4-7-13-10-14(11-17(24-2)18(13)25-3)19(23)21-22-12-20-15-8-5-6-9-16(15)22/h4-12H,1-3H3,(H,21,23)/b7-4+. The summed E-state index contributed by atoms with van der Waals surface area (Å²) in [6.07, 6.45) is 5.32. The summed E-state index contributed by atoms with van der Waals surface area (Å²) in [5, 5.41) is 0. The van der Waals surface area contributed by atoms with Gasteiger partial charge < -0.3 is 9.47 Å². The van der Waals surface area contributed by atoms with Crippen molar-refractivity contribution < 1.29 is 14.3 Å². The molecule has 2 aromatic carbocycles. The average molecular weight is 337 g/mol. The number of aromatic nitrogens is 2. The molecule has 0 unspecified atom stereocenters. The van der Waals surface area contributed by atoms with E-state index in [4.69, 9.17) is 9.47 Å². The zero-order valence-electron chi connectivity index (χ0n) is 14.3. The van der Waals surface area contributed by atoms with Crippen LogP contribution in [0.5, 0.6) is 11.5 Å². The maximum atomic E-state index is 12.7. The molecule has 6 heteroatoms. The lowest BCUT2D eigenvalue weighted by Crippen LogP contribution is -2.22. The van der Waals surface area contributed by atoms with E-state index in [2.05, 4.69) is 10.4 Å². The molecule has 0 radical (unpaired) electrons. The second-order valence-electron chi connectivity index (χ2n) is 5.35. The summed E-state index contributed by atoms with van der Waals surface area (Å²) in [7, 11) is 3.12. The third-order valence-corrected chi connectivity index (χ3v) is 3.79. The molecule has 0 saturated carbocycles. The second-order valence-corrected chi connectivity index (χ2v) is 5.35. The van der Waals surface area contributed by atoms with Crippen molar-refractivity contribution in [3.8, 4) is 11.5 Å². The van der Waals surface area contributed by atoms with Gasteiger partial charge in [0.2, 0.25) is 0 Å². The largest absolute Gasteiger partial charge is 0.493 e. The van der Waals surface area contributed by atoms with E-state index >= 15 is 0 Å². The number of methoxy groups -OCH3 is 2. The number of carbonyl (C=O) groups is 1. The summed E-state index contributed by atoms with van der Waals surface area (Å²) in [5.41, 5.74) is 5.70. The Kier molecular flexibility index (Phi) is 4.70. The van der Waals surface area contributed by atoms with Crippen molar-refractivity contribution in [2.45, 2.75) is 6.92 Å². The zero-order chi connectivity index (χ0) is 17.8. The molecular weight excluding hydrogens is 318 g/mol. The van der Waals surface area contributed by atoms with E-state index in [1.54, 1.807) is 37.4 Å². The Morgan fingerprint density at radius 3 is 2.72 bits per heavy atom. The van der Waals surface area contributed by atoms with E-state index in [0.717, 1.165) is 16.6 Å². The van der Waals surface area contributed by atoms with Gasteiger partial charge >= 0.3 is 0 Å². The van der Waals surface area contributed by atoms with Crippen LogP contribution in [-0.2, 0) is 0 Å². The van der Waals surface area contributed by atoms with Crippen molar-refractivity contribution in [3.63, 3.8) is 0 Å². The van der Waals surface area contributed by atoms with E-state index in [1.165, 1.54) is 0 Å². The maximum Gasteiger partial charge on any atom is 0.270 e. The van der Waals surface area contributed by atoms with Crippen LogP contribution in [0.4, 0.5) is 0 Å². The lowest BCUT2D eigenvalue weighted by Gasteiger charge is -2.14. The molecular formula is C19H19N3O3. The van der Waals surface area contributed by atoms with Gasteiger partial charge in [-0.05, 0) is 31.2 Å². The molecule has 3 rings (SSSR count). The summed E-state index contributed by atoms with van der Waals surface area (Å²) in [6.45, 7) is 1.90. The van der Waals surface area contributed by atoms with Crippen LogP contribution in [0.1, 0.15) is 22.8 Å². The number of nitrogens with zero attached hydrogens (tertiary/aromatic N) is 2. The fourth-order valence-electron chi connectivity index (χ4n) is 2.65. The summed E-state index contributed by atoms with van der Waals surface area (Å²) < 4.78 is 12.4. The van der Waals surface area contributed by atoms with Crippen LogP contribution in [0.15, 0.2) is 48.8 Å². The van der Waals surface area contributed by atoms with Crippen molar-refractivity contribution in [3.05, 3.63) is 59.9 Å². The monoisotopic (exact) mass is 337 g/mol. The third-order valence-electron chi connectivity index (χ3n) is 3.79. The van der Waals surface area contributed by atoms with Crippen LogP contribution in [0.2, 0.25) is 0 Å². The second kappa shape index (κ2) is 7.09. The minimum Gasteiger partial charge on any atom is -0.493 e. The van der Waals surface area contributed by atoms with Crippen LogP contribution >= 0.6 is 0 Å². The molecule has 0 fully saturated rings. The fraction of sp³-hybridized carbons (Fsp3) is 0.158. The van der Waals surface area contributed by atoms with Crippen molar-refractivity contribution in [1.29, 1.82) is 0 Å². The number of rotatable bonds is 5. The number of fused-ring (bicyclic) bond motifs is 1. The first-order chi connectivity index (χ1) is 12.2. The summed E-state index contributed by atoms with van der Waals surface area (Å²) in [5.74, 6) is 0.818. The summed E-state index contributed by atoms with van der Waals surface area (Å²) in [4.78, 5) is 17.0. The molecule has 0 aliphatic heterocycles. The number of ether oxygens (including phenoxy) is 2. The first-order valence-electron chi connectivity index (χ1n) is 7.80. The van der Waals surface area contributed by atoms with Crippen LogP contribution < -0.4 is 14.9 Å². The lowest BCUT2D eigenvalue weighted by molar-refractivity contribution is 0.101. The van der Waals surface area contributed by atoms with Crippen molar-refractivity contribution in [2.75, 3.05) is 19.6 Å². The Morgan fingerprint density at radius 2 is 2.00 bits per heavy atom. The highest BCUT2D eigenvalue weighted by Crippen LogP contribution is 2.33. The zero-order valence-corrected chi connectivity index (χ0v) is 14.3. The lowest BCUT2D eigenvalue weighted by atomic mass is 10.1. The van der Waals surface area contributed by atoms with Gasteiger partial charge in [-0.2, -0.15) is 0 Å². The Balaban J connectivity index is 1.98. The van der Waals surface area contributed by atoms with Gasteiger partial charge in [-0.1, -0.05) is 24.3 Å². The average Bonchev–Trinajstić information content (AvgIpc) is 3.04. The molecule has 25 heavy (non-hydrogen) atoms. The number of amides is 1. The number of carbonyl (C=O) groups excluding carboxylic acids is 1. The minimum atomic E-state index is -0.269. The number of hydrogen-bond acceptors (Lipinski definition) is 4. The summed E-state index contributed by atoms with van der Waals surface area (Å²) >= 11 is 0. The molecule has 1 N–H and O–H groups in total. The van der Waals surface area contributed by atoms with Crippen LogP contribution in [0, 0.1) is 0 Å². The quantitative estimate of drug-likeness (QED) is 0.774. The number of hydrogen-bond donors (Lipinski definition) is 1. The molecule has 128 valence electrons. The Labute approximate surface area is 145 Å². The van der Waals surface area contributed by atoms with Crippen LogP contribution in [0.25, 0.3) is 17.1 Å². The van der Waals surface area contributed by atoms with E-state index in [1.807, 2.05) is 43.3 Å². The Bertz CT molecular complexity index is 944. The minimum absolute atomic E-state index is 0.269. The van der Waals surface area contributed by atoms with Gasteiger partial charge in [0, 0.05) is 11.1 Å². The molecule has 0 aliphatic carbocycles. The Hall–Kier alpha value is -3.28.